The smallest absolute Gasteiger partial charge is 0.243 e. The molecule has 0 aliphatic carbocycles. The highest BCUT2D eigenvalue weighted by Crippen LogP contribution is 2.22. The van der Waals surface area contributed by atoms with Crippen LogP contribution in [0.4, 0.5) is 5.69 Å². The molecule has 5 heteroatoms. The number of nitrogens with zero attached hydrogens (tertiary/aromatic N) is 2. The fourth-order valence-electron chi connectivity index (χ4n) is 1.57. The zero-order valence-electron chi connectivity index (χ0n) is 7.45. The number of aromatic nitrogens is 2. The van der Waals surface area contributed by atoms with E-state index in [1.807, 2.05) is 0 Å². The number of hydrogen-bond donors (Lipinski definition) is 2. The number of H-pyrrole nitrogens is 1. The Bertz CT molecular complexity index is 333. The van der Waals surface area contributed by atoms with Crippen LogP contribution in [0, 0.1) is 0 Å². The van der Waals surface area contributed by atoms with E-state index in [2.05, 4.69) is 10.2 Å². The van der Waals surface area contributed by atoms with Crippen LogP contribution in [-0.2, 0) is 11.2 Å². The Hall–Kier alpha value is -1.36. The molecule has 0 radical (unpaired) electrons. The van der Waals surface area contributed by atoms with Gasteiger partial charge in [-0.25, -0.2) is 0 Å². The highest BCUT2D eigenvalue weighted by Gasteiger charge is 2.25. The highest BCUT2D eigenvalue weighted by molar-refractivity contribution is 5.97. The summed E-state index contributed by atoms with van der Waals surface area (Å²) in [4.78, 5) is 13.1. The summed E-state index contributed by atoms with van der Waals surface area (Å²) >= 11 is 0. The number of amides is 1. The predicted octanol–water partition coefficient (Wildman–Crippen LogP) is -0.354. The van der Waals surface area contributed by atoms with E-state index < -0.39 is 0 Å². The van der Waals surface area contributed by atoms with Gasteiger partial charge in [-0.2, -0.15) is 5.10 Å². The lowest BCUT2D eigenvalue weighted by Crippen LogP contribution is -2.40. The molecule has 1 aliphatic heterocycles. The van der Waals surface area contributed by atoms with Gasteiger partial charge in [0.15, 0.2) is 0 Å². The minimum atomic E-state index is -0.384. The molecule has 13 heavy (non-hydrogen) atoms. The van der Waals surface area contributed by atoms with Crippen LogP contribution >= 0.6 is 0 Å². The number of carbonyl (C=O) groups excluding carboxylic acids is 1. The molecule has 1 amide bonds. The first-order chi connectivity index (χ1) is 6.20. The third-order valence-corrected chi connectivity index (χ3v) is 2.41. The normalized spacial score (nSPS) is 22.8. The second-order valence-electron chi connectivity index (χ2n) is 3.28. The molecule has 0 saturated carbocycles. The van der Waals surface area contributed by atoms with Gasteiger partial charge in [0, 0.05) is 7.05 Å². The van der Waals surface area contributed by atoms with Gasteiger partial charge < -0.3 is 10.6 Å². The molecule has 2 rings (SSSR count). The zero-order chi connectivity index (χ0) is 9.42. The fourth-order valence-corrected chi connectivity index (χ4v) is 1.57. The van der Waals surface area contributed by atoms with Gasteiger partial charge in [-0.05, 0) is 12.8 Å². The van der Waals surface area contributed by atoms with Crippen LogP contribution in [0.15, 0.2) is 6.20 Å². The van der Waals surface area contributed by atoms with Crippen LogP contribution < -0.4 is 10.6 Å². The summed E-state index contributed by atoms with van der Waals surface area (Å²) in [6.45, 7) is 0. The van der Waals surface area contributed by atoms with E-state index in [9.17, 15) is 4.79 Å². The number of carbonyl (C=O) groups is 1. The third-order valence-electron chi connectivity index (χ3n) is 2.41. The van der Waals surface area contributed by atoms with Gasteiger partial charge in [-0.3, -0.25) is 9.89 Å². The molecule has 1 aliphatic rings. The largest absolute Gasteiger partial charge is 0.320 e. The van der Waals surface area contributed by atoms with Crippen molar-refractivity contribution in [2.75, 3.05) is 11.9 Å². The average Bonchev–Trinajstić information content (AvgIpc) is 2.56. The Kier molecular flexibility index (Phi) is 1.81. The maximum Gasteiger partial charge on any atom is 0.243 e. The molecule has 1 aromatic rings. The van der Waals surface area contributed by atoms with E-state index in [0.717, 1.165) is 17.8 Å². The average molecular weight is 180 g/mol. The van der Waals surface area contributed by atoms with Crippen LogP contribution in [0.5, 0.6) is 0 Å². The van der Waals surface area contributed by atoms with Gasteiger partial charge in [0.25, 0.3) is 0 Å². The quantitative estimate of drug-likeness (QED) is 0.572. The van der Waals surface area contributed by atoms with Crippen molar-refractivity contribution in [2.24, 2.45) is 5.73 Å². The van der Waals surface area contributed by atoms with Gasteiger partial charge in [0.2, 0.25) is 5.91 Å². The second kappa shape index (κ2) is 2.85. The lowest BCUT2D eigenvalue weighted by Gasteiger charge is -2.16. The summed E-state index contributed by atoms with van der Waals surface area (Å²) in [7, 11) is 1.72. The predicted molar refractivity (Wildman–Crippen MR) is 48.3 cm³/mol. The van der Waals surface area contributed by atoms with Crippen LogP contribution in [0.25, 0.3) is 0 Å². The Morgan fingerprint density at radius 1 is 1.77 bits per heavy atom. The number of nitrogens with one attached hydrogen (secondary N) is 1. The summed E-state index contributed by atoms with van der Waals surface area (Å²) in [5.41, 5.74) is 7.52. The van der Waals surface area contributed by atoms with Crippen molar-refractivity contribution in [2.45, 2.75) is 18.9 Å². The number of nitrogens with two attached hydrogens (primary N) is 1. The lowest BCUT2D eigenvalue weighted by atomic mass is 10.1. The number of aromatic amines is 1. The Balaban J connectivity index is 2.40. The molecular formula is C8H12N4O. The first kappa shape index (κ1) is 8.25. The first-order valence-corrected chi connectivity index (χ1v) is 4.25. The van der Waals surface area contributed by atoms with E-state index >= 15 is 0 Å². The monoisotopic (exact) mass is 180 g/mol. The zero-order valence-corrected chi connectivity index (χ0v) is 7.45. The molecule has 0 aromatic carbocycles. The minimum absolute atomic E-state index is 0.0415. The van der Waals surface area contributed by atoms with Crippen molar-refractivity contribution in [3.05, 3.63) is 11.9 Å². The topological polar surface area (TPSA) is 75.0 Å². The second-order valence-corrected chi connectivity index (χ2v) is 3.28. The van der Waals surface area contributed by atoms with Gasteiger partial charge in [-0.15, -0.1) is 0 Å². The van der Waals surface area contributed by atoms with Gasteiger partial charge in [0.1, 0.15) is 0 Å². The summed E-state index contributed by atoms with van der Waals surface area (Å²) in [6, 6.07) is -0.384. The van der Waals surface area contributed by atoms with Crippen molar-refractivity contribution < 1.29 is 4.79 Å². The fraction of sp³-hybridized carbons (Fsp3) is 0.500. The van der Waals surface area contributed by atoms with E-state index in [1.54, 1.807) is 18.1 Å². The van der Waals surface area contributed by atoms with Crippen LogP contribution in [0.1, 0.15) is 12.1 Å². The number of aryl methyl sites for hydroxylation is 1. The van der Waals surface area contributed by atoms with Gasteiger partial charge >= 0.3 is 0 Å². The molecule has 0 unspecified atom stereocenters. The van der Waals surface area contributed by atoms with Crippen molar-refractivity contribution in [1.82, 2.24) is 10.2 Å². The molecule has 2 heterocycles. The third kappa shape index (κ3) is 1.21. The maximum atomic E-state index is 11.6. The molecule has 3 N–H and O–H groups in total. The summed E-state index contributed by atoms with van der Waals surface area (Å²) in [6.07, 6.45) is 3.12. The molecular weight excluding hydrogens is 168 g/mol. The van der Waals surface area contributed by atoms with E-state index in [1.165, 1.54) is 0 Å². The molecule has 0 saturated heterocycles. The summed E-state index contributed by atoms with van der Waals surface area (Å²) < 4.78 is 0. The Morgan fingerprint density at radius 2 is 2.54 bits per heavy atom. The van der Waals surface area contributed by atoms with Gasteiger partial charge in [-0.1, -0.05) is 0 Å². The van der Waals surface area contributed by atoms with E-state index in [0.29, 0.717) is 6.42 Å². The molecule has 0 bridgehead atoms. The number of anilines is 1. The molecule has 0 spiro atoms. The van der Waals surface area contributed by atoms with E-state index in [4.69, 9.17) is 5.73 Å². The number of hydrogen-bond acceptors (Lipinski definition) is 3. The van der Waals surface area contributed by atoms with Crippen LogP contribution in [0.2, 0.25) is 0 Å². The van der Waals surface area contributed by atoms with Crippen molar-refractivity contribution in [3.8, 4) is 0 Å². The van der Waals surface area contributed by atoms with E-state index in [-0.39, 0.29) is 11.9 Å². The molecule has 1 aromatic heterocycles. The van der Waals surface area contributed by atoms with Crippen molar-refractivity contribution in [1.29, 1.82) is 0 Å². The lowest BCUT2D eigenvalue weighted by molar-refractivity contribution is -0.119. The minimum Gasteiger partial charge on any atom is -0.320 e. The van der Waals surface area contributed by atoms with Crippen LogP contribution in [-0.4, -0.2) is 29.2 Å². The van der Waals surface area contributed by atoms with Crippen molar-refractivity contribution in [3.63, 3.8) is 0 Å². The Labute approximate surface area is 75.9 Å². The Morgan fingerprint density at radius 3 is 3.31 bits per heavy atom. The standard InChI is InChI=1S/C8H12N4O/c1-12-7-4-10-11-6(7)3-2-5(9)8(12)13/h4-5H,2-3,9H2,1H3,(H,10,11)/t5-/m0/s1. The summed E-state index contributed by atoms with van der Waals surface area (Å²) in [5, 5.41) is 6.77. The number of rotatable bonds is 0. The number of fused-ring (bicyclic) bond motifs is 1. The molecule has 1 atom stereocenters. The SMILES string of the molecule is CN1C(=O)[C@@H](N)CCc2[nH]ncc21. The summed E-state index contributed by atoms with van der Waals surface area (Å²) in [5.74, 6) is -0.0415. The van der Waals surface area contributed by atoms with Crippen LogP contribution in [0.3, 0.4) is 0 Å². The molecule has 5 nitrogen and oxygen atoms in total. The highest BCUT2D eigenvalue weighted by atomic mass is 16.2. The van der Waals surface area contributed by atoms with Gasteiger partial charge in [0.05, 0.1) is 23.6 Å². The molecule has 0 fully saturated rings. The maximum absolute atomic E-state index is 11.6. The number of likely N-dealkylation sites (N-methyl/N-ethyl adjacent to an activating group) is 1. The molecule has 70 valence electrons. The first-order valence-electron chi connectivity index (χ1n) is 4.25. The van der Waals surface area contributed by atoms with Crippen molar-refractivity contribution >= 4 is 11.6 Å².